The fourth-order valence-corrected chi connectivity index (χ4v) is 2.34. The number of carbonyl (C=O) groups excluding carboxylic acids is 1. The Balaban J connectivity index is 1.94. The van der Waals surface area contributed by atoms with Crippen molar-refractivity contribution in [1.29, 1.82) is 0 Å². The van der Waals surface area contributed by atoms with Crippen LogP contribution in [0.15, 0.2) is 29.6 Å². The van der Waals surface area contributed by atoms with Crippen LogP contribution in [-0.2, 0) is 22.4 Å². The highest BCUT2D eigenvalue weighted by Crippen LogP contribution is 2.17. The van der Waals surface area contributed by atoms with Crippen LogP contribution in [0.3, 0.4) is 0 Å². The molecule has 6 nitrogen and oxygen atoms in total. The van der Waals surface area contributed by atoms with E-state index in [9.17, 15) is 14.7 Å². The molecule has 0 radical (unpaired) electrons. The van der Waals surface area contributed by atoms with Crippen molar-refractivity contribution < 1.29 is 19.8 Å². The summed E-state index contributed by atoms with van der Waals surface area (Å²) < 4.78 is 0. The van der Waals surface area contributed by atoms with Gasteiger partial charge in [-0.25, -0.2) is 4.98 Å². The molecule has 3 N–H and O–H groups in total. The molecule has 2 aromatic rings. The Bertz CT molecular complexity index is 639. The highest BCUT2D eigenvalue weighted by Gasteiger charge is 2.09. The van der Waals surface area contributed by atoms with Crippen molar-refractivity contribution in [2.45, 2.75) is 12.8 Å². The molecule has 0 unspecified atom stereocenters. The Morgan fingerprint density at radius 3 is 2.80 bits per heavy atom. The maximum atomic E-state index is 11.8. The van der Waals surface area contributed by atoms with E-state index in [1.165, 1.54) is 23.5 Å². The third-order valence-electron chi connectivity index (χ3n) is 2.41. The summed E-state index contributed by atoms with van der Waals surface area (Å²) in [5.74, 6) is -1.13. The highest BCUT2D eigenvalue weighted by atomic mass is 32.1. The summed E-state index contributed by atoms with van der Waals surface area (Å²) in [6.45, 7) is 0. The molecule has 0 saturated heterocycles. The van der Waals surface area contributed by atoms with E-state index in [1.807, 2.05) is 0 Å². The minimum absolute atomic E-state index is 0.105. The summed E-state index contributed by atoms with van der Waals surface area (Å²) in [5.41, 5.74) is 1.10. The summed E-state index contributed by atoms with van der Waals surface area (Å²) in [6, 6.07) is 6.43. The number of rotatable bonds is 5. The number of nitrogens with one attached hydrogen (secondary N) is 1. The molecule has 1 heterocycles. The van der Waals surface area contributed by atoms with E-state index in [2.05, 4.69) is 10.3 Å². The van der Waals surface area contributed by atoms with E-state index in [4.69, 9.17) is 5.11 Å². The third kappa shape index (κ3) is 4.06. The van der Waals surface area contributed by atoms with Gasteiger partial charge in [0.25, 0.3) is 0 Å². The molecule has 2 rings (SSSR count). The lowest BCUT2D eigenvalue weighted by Crippen LogP contribution is -2.14. The third-order valence-corrected chi connectivity index (χ3v) is 3.21. The largest absolute Gasteiger partial charge is 0.508 e. The molecule has 20 heavy (non-hydrogen) atoms. The van der Waals surface area contributed by atoms with Crippen LogP contribution in [0.5, 0.6) is 5.75 Å². The first kappa shape index (κ1) is 14.0. The number of carboxylic acid groups (broad SMARTS) is 1. The number of phenolic OH excluding ortho intramolecular Hbond substituents is 1. The minimum Gasteiger partial charge on any atom is -0.508 e. The van der Waals surface area contributed by atoms with Gasteiger partial charge >= 0.3 is 5.97 Å². The van der Waals surface area contributed by atoms with Crippen LogP contribution >= 0.6 is 11.3 Å². The van der Waals surface area contributed by atoms with E-state index in [0.29, 0.717) is 16.4 Å². The van der Waals surface area contributed by atoms with Crippen molar-refractivity contribution in [3.05, 3.63) is 40.9 Å². The molecule has 0 atom stereocenters. The van der Waals surface area contributed by atoms with Gasteiger partial charge in [-0.15, -0.1) is 11.3 Å². The number of hydrogen-bond donors (Lipinski definition) is 3. The number of hydrogen-bond acceptors (Lipinski definition) is 5. The van der Waals surface area contributed by atoms with E-state index >= 15 is 0 Å². The minimum atomic E-state index is -0.965. The first-order valence-electron chi connectivity index (χ1n) is 5.77. The lowest BCUT2D eigenvalue weighted by molar-refractivity contribution is -0.136. The lowest BCUT2D eigenvalue weighted by atomic mass is 10.1. The number of carboxylic acids is 1. The van der Waals surface area contributed by atoms with E-state index < -0.39 is 5.97 Å². The number of aromatic nitrogens is 1. The molecular formula is C13H12N2O4S. The molecule has 0 aliphatic rings. The summed E-state index contributed by atoms with van der Waals surface area (Å²) in [4.78, 5) is 26.3. The number of benzene rings is 1. The molecule has 0 fully saturated rings. The van der Waals surface area contributed by atoms with Crippen LogP contribution in [0.2, 0.25) is 0 Å². The van der Waals surface area contributed by atoms with Crippen molar-refractivity contribution in [3.8, 4) is 5.75 Å². The molecule has 0 spiro atoms. The Kier molecular flexibility index (Phi) is 4.31. The monoisotopic (exact) mass is 292 g/mol. The first-order valence-corrected chi connectivity index (χ1v) is 6.65. The zero-order valence-corrected chi connectivity index (χ0v) is 11.2. The Labute approximate surface area is 118 Å². The second kappa shape index (κ2) is 6.16. The standard InChI is InChI=1S/C13H12N2O4S/c16-10-3-1-2-8(4-10)5-11(17)15-13-14-9(7-20-13)6-12(18)19/h1-4,7,16H,5-6H2,(H,18,19)(H,14,15,17). The predicted octanol–water partition coefficient (Wildman–Crippen LogP) is 1.66. The van der Waals surface area contributed by atoms with Crippen LogP contribution in [0.25, 0.3) is 0 Å². The van der Waals surface area contributed by atoms with E-state index in [0.717, 1.165) is 0 Å². The van der Waals surface area contributed by atoms with Crippen molar-refractivity contribution in [3.63, 3.8) is 0 Å². The van der Waals surface area contributed by atoms with Gasteiger partial charge in [-0.1, -0.05) is 12.1 Å². The average Bonchev–Trinajstić information content (AvgIpc) is 2.75. The highest BCUT2D eigenvalue weighted by molar-refractivity contribution is 7.13. The normalized spacial score (nSPS) is 10.2. The quantitative estimate of drug-likeness (QED) is 0.778. The molecule has 104 valence electrons. The van der Waals surface area contributed by atoms with Crippen LogP contribution in [0, 0.1) is 0 Å². The molecule has 7 heteroatoms. The van der Waals surface area contributed by atoms with Gasteiger partial charge in [0.1, 0.15) is 5.75 Å². The maximum absolute atomic E-state index is 11.8. The number of carbonyl (C=O) groups is 2. The predicted molar refractivity (Wildman–Crippen MR) is 73.9 cm³/mol. The molecule has 1 aromatic heterocycles. The number of aromatic hydroxyl groups is 1. The van der Waals surface area contributed by atoms with Gasteiger partial charge in [-0.05, 0) is 17.7 Å². The van der Waals surface area contributed by atoms with Crippen LogP contribution < -0.4 is 5.32 Å². The molecular weight excluding hydrogens is 280 g/mol. The second-order valence-electron chi connectivity index (χ2n) is 4.11. The van der Waals surface area contributed by atoms with Gasteiger partial charge in [0.05, 0.1) is 18.5 Å². The number of amides is 1. The van der Waals surface area contributed by atoms with Gasteiger partial charge in [0.15, 0.2) is 5.13 Å². The number of nitrogens with zero attached hydrogens (tertiary/aromatic N) is 1. The lowest BCUT2D eigenvalue weighted by Gasteiger charge is -2.02. The fraction of sp³-hybridized carbons (Fsp3) is 0.154. The van der Waals surface area contributed by atoms with E-state index in [1.54, 1.807) is 17.5 Å². The average molecular weight is 292 g/mol. The molecule has 1 amide bonds. The zero-order valence-electron chi connectivity index (χ0n) is 10.4. The Morgan fingerprint density at radius 1 is 1.30 bits per heavy atom. The van der Waals surface area contributed by atoms with Gasteiger partial charge in [-0.2, -0.15) is 0 Å². The van der Waals surface area contributed by atoms with Crippen LogP contribution in [-0.4, -0.2) is 27.1 Å². The van der Waals surface area contributed by atoms with Gasteiger partial charge in [0.2, 0.25) is 5.91 Å². The zero-order chi connectivity index (χ0) is 14.5. The fourth-order valence-electron chi connectivity index (χ4n) is 1.62. The number of anilines is 1. The molecule has 1 aromatic carbocycles. The molecule has 0 aliphatic heterocycles. The van der Waals surface area contributed by atoms with Crippen molar-refractivity contribution >= 4 is 28.3 Å². The summed E-state index contributed by atoms with van der Waals surface area (Å²) >= 11 is 1.18. The Hall–Kier alpha value is -2.41. The Morgan fingerprint density at radius 2 is 2.10 bits per heavy atom. The SMILES string of the molecule is O=C(O)Cc1csc(NC(=O)Cc2cccc(O)c2)n1. The number of thiazole rings is 1. The molecule has 0 aliphatic carbocycles. The van der Waals surface area contributed by atoms with Gasteiger partial charge < -0.3 is 15.5 Å². The van der Waals surface area contributed by atoms with Gasteiger partial charge in [-0.3, -0.25) is 9.59 Å². The van der Waals surface area contributed by atoms with E-state index in [-0.39, 0.29) is 24.5 Å². The smallest absolute Gasteiger partial charge is 0.309 e. The first-order chi connectivity index (χ1) is 9.52. The number of phenols is 1. The summed E-state index contributed by atoms with van der Waals surface area (Å²) in [6.07, 6.45) is -0.0544. The summed E-state index contributed by atoms with van der Waals surface area (Å²) in [7, 11) is 0. The maximum Gasteiger partial charge on any atom is 0.309 e. The van der Waals surface area contributed by atoms with Crippen LogP contribution in [0.1, 0.15) is 11.3 Å². The molecule has 0 saturated carbocycles. The summed E-state index contributed by atoms with van der Waals surface area (Å²) in [5, 5.41) is 22.5. The van der Waals surface area contributed by atoms with Crippen molar-refractivity contribution in [1.82, 2.24) is 4.98 Å². The second-order valence-corrected chi connectivity index (χ2v) is 4.97. The number of aliphatic carboxylic acids is 1. The van der Waals surface area contributed by atoms with Gasteiger partial charge in [0, 0.05) is 5.38 Å². The topological polar surface area (TPSA) is 99.5 Å². The van der Waals surface area contributed by atoms with Crippen molar-refractivity contribution in [2.75, 3.05) is 5.32 Å². The van der Waals surface area contributed by atoms with Crippen LogP contribution in [0.4, 0.5) is 5.13 Å². The molecule has 0 bridgehead atoms. The van der Waals surface area contributed by atoms with Crippen molar-refractivity contribution in [2.24, 2.45) is 0 Å².